The van der Waals surface area contributed by atoms with Gasteiger partial charge >= 0.3 is 20.1 Å². The van der Waals surface area contributed by atoms with Gasteiger partial charge in [-0.05, 0) is 56.7 Å². The molecule has 0 aliphatic heterocycles. The summed E-state index contributed by atoms with van der Waals surface area (Å²) in [6, 6.07) is 64.9. The fourth-order valence-electron chi connectivity index (χ4n) is 6.49. The van der Waals surface area contributed by atoms with Gasteiger partial charge < -0.3 is 15.0 Å². The van der Waals surface area contributed by atoms with Crippen LogP contribution < -0.4 is 0 Å². The first-order valence-electron chi connectivity index (χ1n) is 21.1. The van der Waals surface area contributed by atoms with E-state index in [1.165, 1.54) is 11.1 Å². The largest absolute Gasteiger partial charge is 3.00 e. The maximum atomic E-state index is 9.06. The Balaban J connectivity index is 0.000000225. The summed E-state index contributed by atoms with van der Waals surface area (Å²) >= 11 is 0. The number of pyridine rings is 3. The van der Waals surface area contributed by atoms with Crippen LogP contribution in [-0.4, -0.2) is 29.9 Å². The number of benzene rings is 5. The van der Waals surface area contributed by atoms with Gasteiger partial charge in [-0.3, -0.25) is 0 Å². The van der Waals surface area contributed by atoms with Gasteiger partial charge in [-0.15, -0.1) is 102 Å². The zero-order valence-corrected chi connectivity index (χ0v) is 39.7. The van der Waals surface area contributed by atoms with Crippen molar-refractivity contribution in [3.63, 3.8) is 0 Å². The summed E-state index contributed by atoms with van der Waals surface area (Å²) in [6.07, 6.45) is 5.35. The molecule has 5 aromatic carbocycles. The summed E-state index contributed by atoms with van der Waals surface area (Å²) < 4.78 is 0. The van der Waals surface area contributed by atoms with E-state index in [1.807, 2.05) is 103 Å². The maximum Gasteiger partial charge on any atom is 3.00 e. The molecule has 4 heterocycles. The molecule has 7 nitrogen and oxygen atoms in total. The monoisotopic (exact) mass is 1020 g/mol. The summed E-state index contributed by atoms with van der Waals surface area (Å²) in [5.41, 5.74) is 11.4. The zero-order valence-electron chi connectivity index (χ0n) is 37.3. The quantitative estimate of drug-likeness (QED) is 0.153. The molecular formula is C57H48IrN7. The number of rotatable bonds is 6. The number of nitriles is 1. The van der Waals surface area contributed by atoms with E-state index in [1.54, 1.807) is 30.7 Å². The topological polar surface area (TPSA) is 101 Å². The molecule has 0 amide bonds. The van der Waals surface area contributed by atoms with E-state index in [0.717, 1.165) is 50.5 Å². The Labute approximate surface area is 396 Å². The molecule has 0 atom stereocenters. The van der Waals surface area contributed by atoms with Gasteiger partial charge in [0.2, 0.25) is 0 Å². The Morgan fingerprint density at radius 2 is 0.862 bits per heavy atom. The fraction of sp³-hybridized carbons (Fsp3) is 0.140. The van der Waals surface area contributed by atoms with E-state index in [-0.39, 0.29) is 30.9 Å². The van der Waals surface area contributed by atoms with Crippen molar-refractivity contribution in [3.05, 3.63) is 217 Å². The Hall–Kier alpha value is -7.30. The van der Waals surface area contributed by atoms with Gasteiger partial charge in [0.05, 0.1) is 0 Å². The molecule has 0 saturated heterocycles. The molecule has 0 unspecified atom stereocenters. The Bertz CT molecular complexity index is 2660. The van der Waals surface area contributed by atoms with Crippen LogP contribution in [0.3, 0.4) is 0 Å². The first-order chi connectivity index (χ1) is 30.9. The molecule has 9 rings (SSSR count). The minimum atomic E-state index is 0. The Morgan fingerprint density at radius 3 is 1.22 bits per heavy atom. The molecule has 9 aromatic rings. The van der Waals surface area contributed by atoms with E-state index in [0.29, 0.717) is 23.0 Å². The second kappa shape index (κ2) is 21.9. The van der Waals surface area contributed by atoms with Crippen molar-refractivity contribution in [3.8, 4) is 74.0 Å². The minimum Gasteiger partial charge on any atom is -0.305 e. The third kappa shape index (κ3) is 12.9. The van der Waals surface area contributed by atoms with E-state index in [9.17, 15) is 0 Å². The van der Waals surface area contributed by atoms with Crippen LogP contribution in [-0.2, 0) is 30.9 Å². The van der Waals surface area contributed by atoms with Crippen LogP contribution in [0.25, 0.3) is 67.9 Å². The first kappa shape index (κ1) is 47.2. The third-order valence-corrected chi connectivity index (χ3v) is 10.2. The average Bonchev–Trinajstić information content (AvgIpc) is 3.35. The van der Waals surface area contributed by atoms with Crippen LogP contribution >= 0.6 is 0 Å². The van der Waals surface area contributed by atoms with Crippen LogP contribution in [0.2, 0.25) is 0 Å². The molecule has 0 bridgehead atoms. The van der Waals surface area contributed by atoms with Crippen molar-refractivity contribution in [2.24, 2.45) is 0 Å². The van der Waals surface area contributed by atoms with Gasteiger partial charge in [0.25, 0.3) is 0 Å². The molecule has 0 aliphatic carbocycles. The van der Waals surface area contributed by atoms with Crippen LogP contribution in [0.15, 0.2) is 182 Å². The molecule has 0 N–H and O–H groups in total. The molecule has 4 aromatic heterocycles. The second-order valence-corrected chi connectivity index (χ2v) is 17.0. The van der Waals surface area contributed by atoms with Crippen LogP contribution in [0.4, 0.5) is 0 Å². The van der Waals surface area contributed by atoms with Crippen LogP contribution in [0.5, 0.6) is 0 Å². The minimum absolute atomic E-state index is 0. The van der Waals surface area contributed by atoms with Gasteiger partial charge in [-0.1, -0.05) is 126 Å². The van der Waals surface area contributed by atoms with Crippen molar-refractivity contribution < 1.29 is 20.1 Å². The predicted molar refractivity (Wildman–Crippen MR) is 257 cm³/mol. The van der Waals surface area contributed by atoms with E-state index in [4.69, 9.17) is 20.2 Å². The SMILES string of the molecule is CC(C)(C)c1ccc(-c2nc(-c3ccc(C(C)(C)C)cc3)nc(-c3ccc(-c4[c-]cc(C#N)cc4)nc3)n2)cc1.[Ir+3].[c-]1ccccc1-c1ccccn1.[c-]1ccccc1-c1ccccn1. The van der Waals surface area contributed by atoms with Crippen molar-refractivity contribution in [2.75, 3.05) is 0 Å². The van der Waals surface area contributed by atoms with Gasteiger partial charge in [-0.2, -0.15) is 0 Å². The fourth-order valence-corrected chi connectivity index (χ4v) is 6.49. The molecule has 320 valence electrons. The van der Waals surface area contributed by atoms with Crippen molar-refractivity contribution >= 4 is 0 Å². The van der Waals surface area contributed by atoms with Crippen molar-refractivity contribution in [1.82, 2.24) is 29.9 Å². The molecule has 0 fully saturated rings. The summed E-state index contributed by atoms with van der Waals surface area (Å²) in [5.74, 6) is 1.79. The summed E-state index contributed by atoms with van der Waals surface area (Å²) in [7, 11) is 0. The predicted octanol–water partition coefficient (Wildman–Crippen LogP) is 13.3. The molecule has 0 radical (unpaired) electrons. The molecule has 65 heavy (non-hydrogen) atoms. The standard InChI is InChI=1S/C35H32N5.2C11H8N.Ir/c1-34(2,3)28-16-11-25(12-17-28)31-38-32(26-13-18-29(19-14-26)35(4,5)6)40-33(39-31)27-15-20-30(37-22-27)24-9-7-23(21-36)8-10-24;2*1-2-6-10(7-3-1)11-8-4-5-9-12-11;/h7-9,11-20,22H,1-6H3;2*1-6,8-9H;/q3*-1;+3. The Morgan fingerprint density at radius 1 is 0.431 bits per heavy atom. The third-order valence-electron chi connectivity index (χ3n) is 10.2. The summed E-state index contributed by atoms with van der Waals surface area (Å²) in [6.45, 7) is 13.2. The van der Waals surface area contributed by atoms with Crippen LogP contribution in [0, 0.1) is 29.5 Å². The van der Waals surface area contributed by atoms with Crippen molar-refractivity contribution in [2.45, 2.75) is 52.4 Å². The Kier molecular flexibility index (Phi) is 15.9. The molecule has 0 saturated carbocycles. The van der Waals surface area contributed by atoms with Gasteiger partial charge in [0.1, 0.15) is 0 Å². The molecule has 0 aliphatic rings. The van der Waals surface area contributed by atoms with E-state index in [2.05, 4.69) is 129 Å². The van der Waals surface area contributed by atoms with Gasteiger partial charge in [0, 0.05) is 41.4 Å². The smallest absolute Gasteiger partial charge is 0.305 e. The van der Waals surface area contributed by atoms with Gasteiger partial charge in [0.15, 0.2) is 17.5 Å². The molecule has 8 heteroatoms. The number of hydrogen-bond acceptors (Lipinski definition) is 7. The second-order valence-electron chi connectivity index (χ2n) is 17.0. The number of hydrogen-bond donors (Lipinski definition) is 0. The number of nitrogens with zero attached hydrogens (tertiary/aromatic N) is 7. The summed E-state index contributed by atoms with van der Waals surface area (Å²) in [4.78, 5) is 27.7. The molecule has 0 spiro atoms. The van der Waals surface area contributed by atoms with Gasteiger partial charge in [-0.25, -0.2) is 20.2 Å². The molecular weight excluding hydrogens is 975 g/mol. The maximum absolute atomic E-state index is 9.06. The number of aromatic nitrogens is 6. The first-order valence-corrected chi connectivity index (χ1v) is 21.1. The van der Waals surface area contributed by atoms with E-state index >= 15 is 0 Å². The zero-order chi connectivity index (χ0) is 44.9. The van der Waals surface area contributed by atoms with E-state index < -0.39 is 0 Å². The summed E-state index contributed by atoms with van der Waals surface area (Å²) in [5, 5.41) is 9.06. The van der Waals surface area contributed by atoms with Crippen molar-refractivity contribution in [1.29, 1.82) is 5.26 Å². The average molecular weight is 1020 g/mol. The normalized spacial score (nSPS) is 10.8. The van der Waals surface area contributed by atoms with Crippen LogP contribution in [0.1, 0.15) is 58.2 Å².